The van der Waals surface area contributed by atoms with Gasteiger partial charge in [-0.3, -0.25) is 4.90 Å². The van der Waals surface area contributed by atoms with Crippen molar-refractivity contribution in [2.75, 3.05) is 26.3 Å². The molecular weight excluding hydrogens is 266 g/mol. The molecule has 2 heterocycles. The number of hydrogen-bond acceptors (Lipinski definition) is 4. The molecule has 1 spiro atoms. The van der Waals surface area contributed by atoms with Crippen LogP contribution in [0.3, 0.4) is 0 Å². The number of likely N-dealkylation sites (tertiary alicyclic amines) is 1. The Morgan fingerprint density at radius 3 is 2.71 bits per heavy atom. The maximum atomic E-state index is 10.5. The van der Waals surface area contributed by atoms with E-state index in [9.17, 15) is 5.11 Å². The van der Waals surface area contributed by atoms with Crippen molar-refractivity contribution in [3.05, 3.63) is 0 Å². The van der Waals surface area contributed by atoms with E-state index in [0.29, 0.717) is 13.2 Å². The number of aliphatic hydroxyl groups excluding tert-OH is 1. The van der Waals surface area contributed by atoms with Gasteiger partial charge in [0.05, 0.1) is 19.3 Å². The van der Waals surface area contributed by atoms with Crippen LogP contribution in [0.2, 0.25) is 0 Å². The van der Waals surface area contributed by atoms with Crippen molar-refractivity contribution in [1.29, 1.82) is 0 Å². The highest BCUT2D eigenvalue weighted by molar-refractivity contribution is 4.93. The van der Waals surface area contributed by atoms with Gasteiger partial charge in [0, 0.05) is 18.9 Å². The van der Waals surface area contributed by atoms with E-state index < -0.39 is 0 Å². The molecule has 0 amide bonds. The third-order valence-corrected chi connectivity index (χ3v) is 5.65. The second-order valence-electron chi connectivity index (χ2n) is 7.11. The molecule has 3 unspecified atom stereocenters. The largest absolute Gasteiger partial charge is 0.391 e. The highest BCUT2D eigenvalue weighted by atomic mass is 16.7. The van der Waals surface area contributed by atoms with Crippen molar-refractivity contribution in [2.45, 2.75) is 76.2 Å². The summed E-state index contributed by atoms with van der Waals surface area (Å²) in [5, 5.41) is 10.5. The molecule has 0 bridgehead atoms. The van der Waals surface area contributed by atoms with E-state index in [4.69, 9.17) is 9.47 Å². The lowest BCUT2D eigenvalue weighted by Gasteiger charge is -2.44. The first-order valence-electron chi connectivity index (χ1n) is 8.92. The molecule has 0 aromatic heterocycles. The summed E-state index contributed by atoms with van der Waals surface area (Å²) in [7, 11) is 0. The second-order valence-corrected chi connectivity index (χ2v) is 7.11. The van der Waals surface area contributed by atoms with Crippen molar-refractivity contribution in [3.63, 3.8) is 0 Å². The maximum Gasteiger partial charge on any atom is 0.170 e. The van der Waals surface area contributed by atoms with Gasteiger partial charge in [0.15, 0.2) is 5.79 Å². The SMILES string of the molecule is CCCC1CCCN(C2CC3(CCC2O)OCCO3)CC1. The first-order valence-corrected chi connectivity index (χ1v) is 8.92. The Bertz CT molecular complexity index is 330. The van der Waals surface area contributed by atoms with Crippen LogP contribution in [0, 0.1) is 5.92 Å². The average molecular weight is 297 g/mol. The van der Waals surface area contributed by atoms with Crippen LogP contribution in [-0.2, 0) is 9.47 Å². The molecule has 4 nitrogen and oxygen atoms in total. The van der Waals surface area contributed by atoms with E-state index in [1.165, 1.54) is 32.1 Å². The summed E-state index contributed by atoms with van der Waals surface area (Å²) in [6, 6.07) is 0.220. The van der Waals surface area contributed by atoms with E-state index in [2.05, 4.69) is 11.8 Å². The lowest BCUT2D eigenvalue weighted by atomic mass is 9.86. The molecule has 1 saturated carbocycles. The van der Waals surface area contributed by atoms with Crippen LogP contribution in [0.5, 0.6) is 0 Å². The summed E-state index contributed by atoms with van der Waals surface area (Å²) in [6.45, 7) is 5.95. The molecule has 1 N–H and O–H groups in total. The molecular formula is C17H31NO3. The number of rotatable bonds is 3. The van der Waals surface area contributed by atoms with Crippen LogP contribution in [-0.4, -0.2) is 54.2 Å². The summed E-state index contributed by atoms with van der Waals surface area (Å²) in [5.41, 5.74) is 0. The average Bonchev–Trinajstić information content (AvgIpc) is 2.81. The Morgan fingerprint density at radius 2 is 1.95 bits per heavy atom. The van der Waals surface area contributed by atoms with Crippen molar-refractivity contribution in [3.8, 4) is 0 Å². The van der Waals surface area contributed by atoms with E-state index >= 15 is 0 Å². The highest BCUT2D eigenvalue weighted by Gasteiger charge is 2.46. The van der Waals surface area contributed by atoms with Crippen LogP contribution in [0.1, 0.15) is 58.3 Å². The number of hydrogen-bond donors (Lipinski definition) is 1. The Hall–Kier alpha value is -0.160. The third kappa shape index (κ3) is 3.61. The van der Waals surface area contributed by atoms with Gasteiger partial charge in [-0.05, 0) is 44.7 Å². The number of aliphatic hydroxyl groups is 1. The van der Waals surface area contributed by atoms with Gasteiger partial charge < -0.3 is 14.6 Å². The molecule has 0 radical (unpaired) electrons. The molecule has 3 aliphatic rings. The Balaban J connectivity index is 1.61. The molecule has 4 heteroatoms. The first kappa shape index (κ1) is 15.7. The molecule has 2 saturated heterocycles. The summed E-state index contributed by atoms with van der Waals surface area (Å²) in [5.74, 6) is 0.493. The molecule has 3 atom stereocenters. The zero-order valence-corrected chi connectivity index (χ0v) is 13.4. The molecule has 2 aliphatic heterocycles. The molecule has 122 valence electrons. The van der Waals surface area contributed by atoms with Gasteiger partial charge in [-0.15, -0.1) is 0 Å². The maximum absolute atomic E-state index is 10.5. The van der Waals surface area contributed by atoms with Crippen molar-refractivity contribution >= 4 is 0 Å². The Labute approximate surface area is 128 Å². The van der Waals surface area contributed by atoms with Gasteiger partial charge in [-0.1, -0.05) is 19.8 Å². The van der Waals surface area contributed by atoms with Gasteiger partial charge in [0.1, 0.15) is 0 Å². The van der Waals surface area contributed by atoms with Crippen molar-refractivity contribution < 1.29 is 14.6 Å². The second kappa shape index (κ2) is 6.95. The van der Waals surface area contributed by atoms with Gasteiger partial charge in [-0.2, -0.15) is 0 Å². The molecule has 21 heavy (non-hydrogen) atoms. The van der Waals surface area contributed by atoms with Crippen molar-refractivity contribution in [1.82, 2.24) is 4.90 Å². The Morgan fingerprint density at radius 1 is 1.14 bits per heavy atom. The molecule has 0 aromatic carbocycles. The van der Waals surface area contributed by atoms with Crippen LogP contribution in [0.4, 0.5) is 0 Å². The third-order valence-electron chi connectivity index (χ3n) is 5.65. The summed E-state index contributed by atoms with van der Waals surface area (Å²) in [4.78, 5) is 2.52. The zero-order valence-electron chi connectivity index (χ0n) is 13.4. The summed E-state index contributed by atoms with van der Waals surface area (Å²) in [6.07, 6.45) is 8.83. The summed E-state index contributed by atoms with van der Waals surface area (Å²) < 4.78 is 11.8. The minimum Gasteiger partial charge on any atom is -0.391 e. The fourth-order valence-electron chi connectivity index (χ4n) is 4.46. The van der Waals surface area contributed by atoms with Gasteiger partial charge in [-0.25, -0.2) is 0 Å². The predicted octanol–water partition coefficient (Wildman–Crippen LogP) is 2.55. The fraction of sp³-hybridized carbons (Fsp3) is 1.00. The Kier molecular flexibility index (Phi) is 5.20. The quantitative estimate of drug-likeness (QED) is 0.869. The van der Waals surface area contributed by atoms with Crippen LogP contribution in [0.25, 0.3) is 0 Å². The fourth-order valence-corrected chi connectivity index (χ4v) is 4.46. The number of ether oxygens (including phenoxy) is 2. The smallest absolute Gasteiger partial charge is 0.170 e. The molecule has 1 aliphatic carbocycles. The normalized spacial score (nSPS) is 37.7. The van der Waals surface area contributed by atoms with E-state index in [0.717, 1.165) is 38.3 Å². The van der Waals surface area contributed by atoms with Gasteiger partial charge in [0.2, 0.25) is 0 Å². The zero-order chi connectivity index (χ0) is 14.7. The minimum atomic E-state index is -0.390. The topological polar surface area (TPSA) is 41.9 Å². The van der Waals surface area contributed by atoms with Gasteiger partial charge >= 0.3 is 0 Å². The van der Waals surface area contributed by atoms with E-state index in [1.807, 2.05) is 0 Å². The standard InChI is InChI=1S/C17H31NO3/c1-2-4-14-5-3-9-18(10-7-14)15-13-17(8-6-16(15)19)20-11-12-21-17/h14-16,19H,2-13H2,1H3. The van der Waals surface area contributed by atoms with E-state index in [1.54, 1.807) is 0 Å². The molecule has 3 rings (SSSR count). The van der Waals surface area contributed by atoms with Gasteiger partial charge in [0.25, 0.3) is 0 Å². The van der Waals surface area contributed by atoms with Crippen LogP contribution >= 0.6 is 0 Å². The monoisotopic (exact) mass is 297 g/mol. The molecule has 3 fully saturated rings. The van der Waals surface area contributed by atoms with E-state index in [-0.39, 0.29) is 17.9 Å². The summed E-state index contributed by atoms with van der Waals surface area (Å²) >= 11 is 0. The van der Waals surface area contributed by atoms with Crippen molar-refractivity contribution in [2.24, 2.45) is 5.92 Å². The van der Waals surface area contributed by atoms with Crippen LogP contribution < -0.4 is 0 Å². The predicted molar refractivity (Wildman–Crippen MR) is 82.1 cm³/mol. The minimum absolute atomic E-state index is 0.217. The molecule has 0 aromatic rings. The van der Waals surface area contributed by atoms with Crippen LogP contribution in [0.15, 0.2) is 0 Å². The number of nitrogens with zero attached hydrogens (tertiary/aromatic N) is 1. The highest BCUT2D eigenvalue weighted by Crippen LogP contribution is 2.38. The first-order chi connectivity index (χ1) is 10.2. The lowest BCUT2D eigenvalue weighted by Crippen LogP contribution is -2.53. The lowest BCUT2D eigenvalue weighted by molar-refractivity contribution is -0.205.